The lowest BCUT2D eigenvalue weighted by atomic mass is 9.94. The van der Waals surface area contributed by atoms with Gasteiger partial charge in [-0.05, 0) is 57.3 Å². The van der Waals surface area contributed by atoms with E-state index in [1.54, 1.807) is 37.6 Å². The van der Waals surface area contributed by atoms with Crippen LogP contribution in [0.2, 0.25) is 0 Å². The monoisotopic (exact) mass is 566 g/mol. The first-order valence-corrected chi connectivity index (χ1v) is 15.3. The van der Waals surface area contributed by atoms with E-state index < -0.39 is 5.82 Å². The minimum Gasteiger partial charge on any atom is -0.366 e. The van der Waals surface area contributed by atoms with Crippen molar-refractivity contribution in [2.45, 2.75) is 50.5 Å². The molecule has 3 aromatic heterocycles. The lowest BCUT2D eigenvalue weighted by Gasteiger charge is -2.42. The highest BCUT2D eigenvalue weighted by atomic mass is 32.1. The molecule has 1 N–H and O–H groups in total. The van der Waals surface area contributed by atoms with Crippen molar-refractivity contribution in [2.75, 3.05) is 70.6 Å². The van der Waals surface area contributed by atoms with Gasteiger partial charge in [-0.1, -0.05) is 12.8 Å². The molecule has 5 heterocycles. The zero-order chi connectivity index (χ0) is 27.8. The summed E-state index contributed by atoms with van der Waals surface area (Å²) >= 11 is 1.34. The maximum absolute atomic E-state index is 16.0. The minimum atomic E-state index is -0.439. The number of hydrogen-bond acceptors (Lipinski definition) is 9. The second-order valence-corrected chi connectivity index (χ2v) is 12.7. The van der Waals surface area contributed by atoms with Gasteiger partial charge in [0.25, 0.3) is 5.91 Å². The molecule has 3 aromatic rings. The van der Waals surface area contributed by atoms with Crippen LogP contribution < -0.4 is 10.2 Å². The van der Waals surface area contributed by atoms with Gasteiger partial charge in [0.15, 0.2) is 11.6 Å². The van der Waals surface area contributed by atoms with Gasteiger partial charge in [0.2, 0.25) is 5.95 Å². The third-order valence-electron chi connectivity index (χ3n) is 8.83. The van der Waals surface area contributed by atoms with Crippen LogP contribution in [-0.4, -0.2) is 102 Å². The summed E-state index contributed by atoms with van der Waals surface area (Å²) in [5.74, 6) is 0.0664. The number of fused-ring (bicyclic) bond motifs is 1. The number of hydrogen-bond donors (Lipinski definition) is 1. The van der Waals surface area contributed by atoms with Crippen LogP contribution in [0.5, 0.6) is 0 Å². The number of likely N-dealkylation sites (tertiary alicyclic amines) is 1. The molecule has 11 heteroatoms. The molecular formula is C29H39FN8OS. The summed E-state index contributed by atoms with van der Waals surface area (Å²) < 4.78 is 16.7. The molecule has 2 saturated heterocycles. The Morgan fingerprint density at radius 1 is 0.975 bits per heavy atom. The highest BCUT2D eigenvalue weighted by Crippen LogP contribution is 2.45. The third kappa shape index (κ3) is 5.38. The van der Waals surface area contributed by atoms with Crippen molar-refractivity contribution >= 4 is 44.8 Å². The van der Waals surface area contributed by atoms with Gasteiger partial charge in [-0.25, -0.2) is 19.3 Å². The van der Waals surface area contributed by atoms with Crippen molar-refractivity contribution < 1.29 is 9.18 Å². The number of aromatic nitrogens is 3. The Labute approximate surface area is 239 Å². The fourth-order valence-corrected chi connectivity index (χ4v) is 7.77. The van der Waals surface area contributed by atoms with E-state index in [1.807, 2.05) is 0 Å². The number of rotatable bonds is 6. The number of carbonyl (C=O) groups excluding carboxylic acids is 1. The lowest BCUT2D eigenvalue weighted by molar-refractivity contribution is 0.0831. The zero-order valence-electron chi connectivity index (χ0n) is 23.7. The zero-order valence-corrected chi connectivity index (χ0v) is 24.5. The van der Waals surface area contributed by atoms with Gasteiger partial charge in [-0.3, -0.25) is 9.69 Å². The molecule has 0 bridgehead atoms. The van der Waals surface area contributed by atoms with Gasteiger partial charge < -0.3 is 20.0 Å². The fraction of sp³-hybridized carbons (Fsp3) is 0.586. The molecule has 9 nitrogen and oxygen atoms in total. The topological polar surface area (TPSA) is 80.7 Å². The smallest absolute Gasteiger partial charge is 0.263 e. The molecule has 3 fully saturated rings. The van der Waals surface area contributed by atoms with Gasteiger partial charge in [0.1, 0.15) is 0 Å². The van der Waals surface area contributed by atoms with Crippen LogP contribution in [0.4, 0.5) is 21.8 Å². The molecule has 0 unspecified atom stereocenters. The van der Waals surface area contributed by atoms with Crippen LogP contribution in [0.25, 0.3) is 10.1 Å². The number of anilines is 3. The van der Waals surface area contributed by atoms with E-state index in [2.05, 4.69) is 42.0 Å². The van der Waals surface area contributed by atoms with E-state index in [1.165, 1.54) is 37.3 Å². The number of nitrogens with zero attached hydrogens (tertiary/aromatic N) is 7. The maximum atomic E-state index is 16.0. The summed E-state index contributed by atoms with van der Waals surface area (Å²) in [7, 11) is 5.68. The van der Waals surface area contributed by atoms with Gasteiger partial charge in [-0.2, -0.15) is 0 Å². The summed E-state index contributed by atoms with van der Waals surface area (Å²) in [6.07, 6.45) is 11.9. The number of thiophene rings is 1. The van der Waals surface area contributed by atoms with Crippen LogP contribution in [0.1, 0.15) is 59.7 Å². The van der Waals surface area contributed by atoms with Gasteiger partial charge in [-0.15, -0.1) is 11.3 Å². The SMILES string of the molecule is CN1CCC(N2CCN(c3cnc(Nc4ncc5sc(C(=O)N(C)C)c(C6CCCC6)c5c4F)nc3)CC2)CC1. The highest BCUT2D eigenvalue weighted by molar-refractivity contribution is 7.21. The molecule has 0 atom stereocenters. The number of pyridine rings is 1. The molecule has 2 aliphatic heterocycles. The van der Waals surface area contributed by atoms with Crippen molar-refractivity contribution in [3.63, 3.8) is 0 Å². The van der Waals surface area contributed by atoms with Crippen molar-refractivity contribution in [3.05, 3.63) is 34.8 Å². The quantitative estimate of drug-likeness (QED) is 0.466. The van der Waals surface area contributed by atoms with E-state index >= 15 is 4.39 Å². The van der Waals surface area contributed by atoms with Gasteiger partial charge >= 0.3 is 0 Å². The van der Waals surface area contributed by atoms with E-state index in [-0.39, 0.29) is 17.6 Å². The first-order valence-electron chi connectivity index (χ1n) is 14.5. The predicted octanol–water partition coefficient (Wildman–Crippen LogP) is 4.54. The summed E-state index contributed by atoms with van der Waals surface area (Å²) in [5, 5.41) is 3.51. The number of amides is 1. The molecular weight excluding hydrogens is 527 g/mol. The van der Waals surface area contributed by atoms with Crippen molar-refractivity contribution in [1.29, 1.82) is 0 Å². The van der Waals surface area contributed by atoms with Gasteiger partial charge in [0, 0.05) is 57.9 Å². The van der Waals surface area contributed by atoms with Crippen molar-refractivity contribution in [2.24, 2.45) is 0 Å². The standard InChI is InChI=1S/C29H39FN8OS/c1-35(2)28(39)26-23(19-6-4-5-7-19)24-22(40-26)18-31-27(25(24)30)34-29-32-16-21(17-33-29)38-14-12-37(13-15-38)20-8-10-36(3)11-9-20/h16-20H,4-15H2,1-3H3,(H,31,32,33,34). The Kier molecular flexibility index (Phi) is 7.87. The van der Waals surface area contributed by atoms with Crippen LogP contribution >= 0.6 is 11.3 Å². The predicted molar refractivity (Wildman–Crippen MR) is 158 cm³/mol. The van der Waals surface area contributed by atoms with E-state index in [0.717, 1.165) is 63.1 Å². The number of halogens is 1. The van der Waals surface area contributed by atoms with Crippen molar-refractivity contribution in [3.8, 4) is 0 Å². The fourth-order valence-electron chi connectivity index (χ4n) is 6.49. The summed E-state index contributed by atoms with van der Waals surface area (Å²) in [6.45, 7) is 6.35. The van der Waals surface area contributed by atoms with Crippen molar-refractivity contribution in [1.82, 2.24) is 29.7 Å². The Balaban J connectivity index is 1.17. The van der Waals surface area contributed by atoms with Crippen LogP contribution in [0.15, 0.2) is 18.6 Å². The van der Waals surface area contributed by atoms with Crippen LogP contribution in [0.3, 0.4) is 0 Å². The Hall–Kier alpha value is -2.89. The lowest BCUT2D eigenvalue weighted by Crippen LogP contribution is -2.53. The maximum Gasteiger partial charge on any atom is 0.263 e. The van der Waals surface area contributed by atoms with E-state index in [9.17, 15) is 4.79 Å². The number of nitrogens with one attached hydrogen (secondary N) is 1. The Bertz CT molecular complexity index is 1340. The molecule has 3 aliphatic rings. The molecule has 0 radical (unpaired) electrons. The molecule has 0 spiro atoms. The Morgan fingerprint density at radius 2 is 1.65 bits per heavy atom. The first-order chi connectivity index (χ1) is 19.4. The largest absolute Gasteiger partial charge is 0.366 e. The van der Waals surface area contributed by atoms with E-state index in [0.29, 0.717) is 27.0 Å². The molecule has 0 aromatic carbocycles. The molecule has 1 aliphatic carbocycles. The van der Waals surface area contributed by atoms with Crippen LogP contribution in [0, 0.1) is 5.82 Å². The summed E-state index contributed by atoms with van der Waals surface area (Å²) in [4.78, 5) is 35.9. The number of piperazine rings is 1. The van der Waals surface area contributed by atoms with E-state index in [4.69, 9.17) is 0 Å². The van der Waals surface area contributed by atoms with Gasteiger partial charge in [0.05, 0.1) is 27.7 Å². The van der Waals surface area contributed by atoms with Crippen LogP contribution in [-0.2, 0) is 0 Å². The number of piperidine rings is 1. The molecule has 1 saturated carbocycles. The average Bonchev–Trinajstić information content (AvgIpc) is 3.63. The highest BCUT2D eigenvalue weighted by Gasteiger charge is 2.31. The number of carbonyl (C=O) groups is 1. The average molecular weight is 567 g/mol. The Morgan fingerprint density at radius 3 is 2.30 bits per heavy atom. The molecule has 6 rings (SSSR count). The molecule has 40 heavy (non-hydrogen) atoms. The third-order valence-corrected chi connectivity index (χ3v) is 9.95. The normalized spacial score (nSPS) is 19.9. The molecule has 1 amide bonds. The first kappa shape index (κ1) is 27.3. The molecule has 214 valence electrons. The minimum absolute atomic E-state index is 0.0805. The summed E-state index contributed by atoms with van der Waals surface area (Å²) in [5.41, 5.74) is 1.82. The second kappa shape index (κ2) is 11.5. The second-order valence-electron chi connectivity index (χ2n) is 11.6. The summed E-state index contributed by atoms with van der Waals surface area (Å²) in [6, 6.07) is 0.690.